The third-order valence-corrected chi connectivity index (χ3v) is 4.09. The highest BCUT2D eigenvalue weighted by Crippen LogP contribution is 2.23. The van der Waals surface area contributed by atoms with Gasteiger partial charge in [0.15, 0.2) is 0 Å². The summed E-state index contributed by atoms with van der Waals surface area (Å²) < 4.78 is 11.2. The van der Waals surface area contributed by atoms with E-state index in [-0.39, 0.29) is 0 Å². The Labute approximate surface area is 139 Å². The second-order valence-electron chi connectivity index (χ2n) is 5.15. The van der Waals surface area contributed by atoms with Crippen LogP contribution in [0.2, 0.25) is 0 Å². The van der Waals surface area contributed by atoms with Crippen molar-refractivity contribution in [2.75, 3.05) is 19.0 Å². The molecule has 6 nitrogen and oxygen atoms in total. The van der Waals surface area contributed by atoms with E-state index in [1.807, 2.05) is 36.1 Å². The van der Waals surface area contributed by atoms with Gasteiger partial charge in [-0.25, -0.2) is 4.98 Å². The molecule has 0 saturated carbocycles. The van der Waals surface area contributed by atoms with Gasteiger partial charge in [-0.15, -0.1) is 0 Å². The molecule has 0 spiro atoms. The summed E-state index contributed by atoms with van der Waals surface area (Å²) in [5.41, 5.74) is 3.24. The number of hydrogen-bond acceptors (Lipinski definition) is 6. The molecular weight excluding hydrogens is 310 g/mol. The summed E-state index contributed by atoms with van der Waals surface area (Å²) in [4.78, 5) is 4.46. The molecule has 0 saturated heterocycles. The quantitative estimate of drug-likeness (QED) is 0.722. The molecule has 0 fully saturated rings. The molecule has 0 radical (unpaired) electrons. The second-order valence-corrected chi connectivity index (χ2v) is 5.91. The number of aryl methyl sites for hydroxylation is 1. The summed E-state index contributed by atoms with van der Waals surface area (Å²) >= 11 is 1.37. The van der Waals surface area contributed by atoms with E-state index in [1.165, 1.54) is 11.5 Å². The standard InChI is InChI=1S/C16H19N5OS/c1-21-11-13(15(19-21)12-6-4-3-5-7-12)10-17-16-18-14(20-23-16)8-9-22-2/h3-7,11H,8-10H2,1-2H3,(H,17,18,20). The first kappa shape index (κ1) is 15.6. The highest BCUT2D eigenvalue weighted by atomic mass is 32.1. The van der Waals surface area contributed by atoms with Gasteiger partial charge < -0.3 is 10.1 Å². The fraction of sp³-hybridized carbons (Fsp3) is 0.312. The van der Waals surface area contributed by atoms with E-state index in [4.69, 9.17) is 4.74 Å². The minimum Gasteiger partial charge on any atom is -0.384 e. The Morgan fingerprint density at radius 3 is 2.87 bits per heavy atom. The Morgan fingerprint density at radius 2 is 2.09 bits per heavy atom. The molecule has 0 atom stereocenters. The number of anilines is 1. The Balaban J connectivity index is 1.70. The van der Waals surface area contributed by atoms with Gasteiger partial charge in [0.25, 0.3) is 0 Å². The average molecular weight is 329 g/mol. The molecule has 2 heterocycles. The maximum Gasteiger partial charge on any atom is 0.202 e. The molecule has 0 bridgehead atoms. The van der Waals surface area contributed by atoms with Crippen molar-refractivity contribution in [1.82, 2.24) is 19.1 Å². The molecule has 23 heavy (non-hydrogen) atoms. The van der Waals surface area contributed by atoms with E-state index in [9.17, 15) is 0 Å². The maximum atomic E-state index is 5.04. The van der Waals surface area contributed by atoms with Crippen LogP contribution in [0.5, 0.6) is 0 Å². The first-order valence-electron chi connectivity index (χ1n) is 7.39. The lowest BCUT2D eigenvalue weighted by Crippen LogP contribution is -2.01. The first-order chi connectivity index (χ1) is 11.3. The number of methoxy groups -OCH3 is 1. The zero-order valence-corrected chi connectivity index (χ0v) is 14.0. The van der Waals surface area contributed by atoms with Gasteiger partial charge in [-0.3, -0.25) is 4.68 Å². The van der Waals surface area contributed by atoms with Crippen LogP contribution >= 0.6 is 11.5 Å². The van der Waals surface area contributed by atoms with E-state index in [0.717, 1.165) is 34.2 Å². The van der Waals surface area contributed by atoms with Gasteiger partial charge in [0.1, 0.15) is 5.82 Å². The van der Waals surface area contributed by atoms with E-state index >= 15 is 0 Å². The minimum absolute atomic E-state index is 0.636. The van der Waals surface area contributed by atoms with Gasteiger partial charge >= 0.3 is 0 Å². The Hall–Kier alpha value is -2.25. The predicted molar refractivity (Wildman–Crippen MR) is 91.5 cm³/mol. The van der Waals surface area contributed by atoms with E-state index in [1.54, 1.807) is 7.11 Å². The molecule has 0 amide bonds. The first-order valence-corrected chi connectivity index (χ1v) is 8.17. The fourth-order valence-electron chi connectivity index (χ4n) is 2.30. The molecule has 0 aliphatic heterocycles. The summed E-state index contributed by atoms with van der Waals surface area (Å²) in [6, 6.07) is 10.2. The molecule has 120 valence electrons. The molecule has 0 unspecified atom stereocenters. The zero-order chi connectivity index (χ0) is 16.1. The highest BCUT2D eigenvalue weighted by Gasteiger charge is 2.11. The molecular formula is C16H19N5OS. The normalized spacial score (nSPS) is 10.9. The van der Waals surface area contributed by atoms with Crippen LogP contribution in [-0.4, -0.2) is 32.9 Å². The van der Waals surface area contributed by atoms with E-state index < -0.39 is 0 Å². The summed E-state index contributed by atoms with van der Waals surface area (Å²) in [5.74, 6) is 0.814. The number of nitrogens with one attached hydrogen (secondary N) is 1. The van der Waals surface area contributed by atoms with Crippen LogP contribution in [0.3, 0.4) is 0 Å². The molecule has 3 rings (SSSR count). The molecule has 2 aromatic heterocycles. The lowest BCUT2D eigenvalue weighted by Gasteiger charge is -2.03. The third kappa shape index (κ3) is 3.94. The largest absolute Gasteiger partial charge is 0.384 e. The SMILES string of the molecule is COCCc1nsc(NCc2cn(C)nc2-c2ccccc2)n1. The summed E-state index contributed by atoms with van der Waals surface area (Å²) in [7, 11) is 3.61. The van der Waals surface area contributed by atoms with Crippen molar-refractivity contribution in [1.29, 1.82) is 0 Å². The van der Waals surface area contributed by atoms with Crippen molar-refractivity contribution in [2.45, 2.75) is 13.0 Å². The number of rotatable bonds is 7. The van der Waals surface area contributed by atoms with Crippen molar-refractivity contribution in [3.05, 3.63) is 47.9 Å². The molecule has 0 aliphatic carbocycles. The van der Waals surface area contributed by atoms with Gasteiger partial charge in [-0.05, 0) is 0 Å². The van der Waals surface area contributed by atoms with Gasteiger partial charge in [0, 0.05) is 56.0 Å². The Kier molecular flexibility index (Phi) is 4.99. The van der Waals surface area contributed by atoms with Gasteiger partial charge in [0.05, 0.1) is 12.3 Å². The monoisotopic (exact) mass is 329 g/mol. The second kappa shape index (κ2) is 7.34. The number of hydrogen-bond donors (Lipinski definition) is 1. The average Bonchev–Trinajstić information content (AvgIpc) is 3.18. The lowest BCUT2D eigenvalue weighted by molar-refractivity contribution is 0.201. The van der Waals surface area contributed by atoms with Crippen molar-refractivity contribution in [3.63, 3.8) is 0 Å². The summed E-state index contributed by atoms with van der Waals surface area (Å²) in [5, 5.41) is 8.72. The van der Waals surface area contributed by atoms with Gasteiger partial charge in [-0.2, -0.15) is 9.47 Å². The lowest BCUT2D eigenvalue weighted by atomic mass is 10.1. The van der Waals surface area contributed by atoms with Crippen molar-refractivity contribution < 1.29 is 4.74 Å². The van der Waals surface area contributed by atoms with Gasteiger partial charge in [0.2, 0.25) is 5.13 Å². The van der Waals surface area contributed by atoms with Crippen LogP contribution in [0.25, 0.3) is 11.3 Å². The topological polar surface area (TPSA) is 64.9 Å². The third-order valence-electron chi connectivity index (χ3n) is 3.38. The number of benzene rings is 1. The fourth-order valence-corrected chi connectivity index (χ4v) is 2.90. The van der Waals surface area contributed by atoms with Crippen LogP contribution in [0.15, 0.2) is 36.5 Å². The van der Waals surface area contributed by atoms with E-state index in [0.29, 0.717) is 13.2 Å². The Bertz CT molecular complexity index is 753. The zero-order valence-electron chi connectivity index (χ0n) is 13.2. The molecule has 1 N–H and O–H groups in total. The molecule has 1 aromatic carbocycles. The van der Waals surface area contributed by atoms with E-state index in [2.05, 4.69) is 31.9 Å². The number of ether oxygens (including phenoxy) is 1. The maximum absolute atomic E-state index is 5.04. The van der Waals surface area contributed by atoms with Crippen molar-refractivity contribution in [3.8, 4) is 11.3 Å². The predicted octanol–water partition coefficient (Wildman–Crippen LogP) is 2.74. The van der Waals surface area contributed by atoms with Gasteiger partial charge in [-0.1, -0.05) is 30.3 Å². The van der Waals surface area contributed by atoms with Crippen molar-refractivity contribution >= 4 is 16.7 Å². The van der Waals surface area contributed by atoms with Crippen LogP contribution in [0.4, 0.5) is 5.13 Å². The highest BCUT2D eigenvalue weighted by molar-refractivity contribution is 7.09. The molecule has 0 aliphatic rings. The van der Waals surface area contributed by atoms with Crippen LogP contribution in [0, 0.1) is 0 Å². The van der Waals surface area contributed by atoms with Crippen LogP contribution < -0.4 is 5.32 Å². The number of nitrogens with zero attached hydrogens (tertiary/aromatic N) is 4. The number of aromatic nitrogens is 4. The molecule has 3 aromatic rings. The summed E-state index contributed by atoms with van der Waals surface area (Å²) in [6.07, 6.45) is 2.76. The van der Waals surface area contributed by atoms with Crippen LogP contribution in [-0.2, 0) is 24.8 Å². The molecule has 7 heteroatoms. The van der Waals surface area contributed by atoms with Crippen LogP contribution in [0.1, 0.15) is 11.4 Å². The smallest absolute Gasteiger partial charge is 0.202 e. The minimum atomic E-state index is 0.636. The van der Waals surface area contributed by atoms with Crippen molar-refractivity contribution in [2.24, 2.45) is 7.05 Å². The Morgan fingerprint density at radius 1 is 1.26 bits per heavy atom. The summed E-state index contributed by atoms with van der Waals surface area (Å²) in [6.45, 7) is 1.30.